The Bertz CT molecular complexity index is 161. The van der Waals surface area contributed by atoms with Gasteiger partial charge in [0.05, 0.1) is 0 Å². The molecule has 0 aromatic carbocycles. The van der Waals surface area contributed by atoms with E-state index in [4.69, 9.17) is 0 Å². The van der Waals surface area contributed by atoms with Crippen molar-refractivity contribution in [3.05, 3.63) is 44.9 Å². The van der Waals surface area contributed by atoms with Crippen LogP contribution in [0.4, 0.5) is 0 Å². The second-order valence-electron chi connectivity index (χ2n) is 2.48. The zero-order chi connectivity index (χ0) is 10.9. The van der Waals surface area contributed by atoms with Gasteiger partial charge < -0.3 is 6.92 Å². The van der Waals surface area contributed by atoms with E-state index in [1.54, 1.807) is 35.3 Å². The van der Waals surface area contributed by atoms with Gasteiger partial charge in [0, 0.05) is 17.3 Å². The van der Waals surface area contributed by atoms with E-state index in [-0.39, 0.29) is 22.3 Å². The molecular formula is C11H17LiS3. The van der Waals surface area contributed by atoms with E-state index in [1.807, 2.05) is 18.2 Å². The minimum absolute atomic E-state index is 0. The molecule has 0 nitrogen and oxygen atoms in total. The SMILES string of the molecule is C=CCSC([CH2-])(SCC=C)SCC=C.[Li+]. The summed E-state index contributed by atoms with van der Waals surface area (Å²) < 4.78 is -0.0590. The maximum Gasteiger partial charge on any atom is 1.00 e. The van der Waals surface area contributed by atoms with Gasteiger partial charge in [0.15, 0.2) is 0 Å². The van der Waals surface area contributed by atoms with Gasteiger partial charge in [-0.25, -0.2) is 0 Å². The summed E-state index contributed by atoms with van der Waals surface area (Å²) in [6.45, 7) is 15.4. The number of hydrogen-bond acceptors (Lipinski definition) is 3. The average molecular weight is 252 g/mol. The first-order valence-electron chi connectivity index (χ1n) is 4.28. The molecule has 0 aromatic rings. The molecule has 0 spiro atoms. The van der Waals surface area contributed by atoms with Crippen LogP contribution in [0.1, 0.15) is 0 Å². The number of thioether (sulfide) groups is 3. The summed E-state index contributed by atoms with van der Waals surface area (Å²) in [7, 11) is 0. The third-order valence-electron chi connectivity index (χ3n) is 1.26. The molecule has 0 heterocycles. The molecule has 0 atom stereocenters. The Kier molecular flexibility index (Phi) is 13.8. The van der Waals surface area contributed by atoms with E-state index < -0.39 is 0 Å². The van der Waals surface area contributed by atoms with Crippen molar-refractivity contribution in [2.75, 3.05) is 17.3 Å². The summed E-state index contributed by atoms with van der Waals surface area (Å²) >= 11 is 5.41. The van der Waals surface area contributed by atoms with Crippen LogP contribution in [0.15, 0.2) is 38.0 Å². The van der Waals surface area contributed by atoms with Crippen molar-refractivity contribution in [2.24, 2.45) is 0 Å². The van der Waals surface area contributed by atoms with Gasteiger partial charge in [-0.15, -0.1) is 19.7 Å². The number of hydrogen-bond donors (Lipinski definition) is 0. The van der Waals surface area contributed by atoms with Crippen molar-refractivity contribution in [2.45, 2.75) is 3.41 Å². The average Bonchev–Trinajstić information content (AvgIpc) is 2.21. The van der Waals surface area contributed by atoms with Crippen molar-refractivity contribution in [3.63, 3.8) is 0 Å². The molecule has 0 aromatic heterocycles. The summed E-state index contributed by atoms with van der Waals surface area (Å²) in [5.74, 6) is 2.79. The normalized spacial score (nSPS) is 10.2. The molecule has 0 bridgehead atoms. The molecule has 0 unspecified atom stereocenters. The predicted octanol–water partition coefficient (Wildman–Crippen LogP) is 1.24. The van der Waals surface area contributed by atoms with Crippen LogP contribution in [0.2, 0.25) is 0 Å². The van der Waals surface area contributed by atoms with Crippen molar-refractivity contribution < 1.29 is 18.9 Å². The first-order valence-corrected chi connectivity index (χ1v) is 7.24. The van der Waals surface area contributed by atoms with E-state index in [0.717, 1.165) is 17.3 Å². The molecule has 0 aliphatic heterocycles. The van der Waals surface area contributed by atoms with Crippen LogP contribution >= 0.6 is 35.3 Å². The smallest absolute Gasteiger partial charge is 0.307 e. The monoisotopic (exact) mass is 252 g/mol. The minimum atomic E-state index is -0.0590. The van der Waals surface area contributed by atoms with Crippen LogP contribution in [0, 0.1) is 6.92 Å². The molecule has 0 saturated heterocycles. The van der Waals surface area contributed by atoms with Gasteiger partial charge in [0.1, 0.15) is 0 Å². The molecule has 0 aliphatic rings. The fourth-order valence-electron chi connectivity index (χ4n) is 0.683. The first kappa shape index (κ1) is 18.2. The van der Waals surface area contributed by atoms with Gasteiger partial charge in [-0.1, -0.05) is 18.2 Å². The van der Waals surface area contributed by atoms with E-state index in [2.05, 4.69) is 26.7 Å². The molecule has 0 amide bonds. The number of rotatable bonds is 9. The standard InChI is InChI=1S/C11H17S3.Li/c1-5-8-12-11(4,13-9-6-2)14-10-7-3;/h5-7H,1-4,8-10H2;/q-1;+1. The fourth-order valence-corrected chi connectivity index (χ4v) is 4.02. The molecule has 4 heteroatoms. The molecular weight excluding hydrogens is 235 g/mol. The van der Waals surface area contributed by atoms with Crippen LogP contribution in [0.25, 0.3) is 0 Å². The van der Waals surface area contributed by atoms with Crippen LogP contribution in [-0.4, -0.2) is 20.7 Å². The Morgan fingerprint density at radius 2 is 1.13 bits per heavy atom. The molecule has 15 heavy (non-hydrogen) atoms. The third kappa shape index (κ3) is 9.78. The maximum atomic E-state index is 4.23. The Labute approximate surface area is 119 Å². The Morgan fingerprint density at radius 3 is 1.33 bits per heavy atom. The van der Waals surface area contributed by atoms with Crippen molar-refractivity contribution in [1.29, 1.82) is 0 Å². The van der Waals surface area contributed by atoms with E-state index >= 15 is 0 Å². The minimum Gasteiger partial charge on any atom is -0.307 e. The summed E-state index contributed by atoms with van der Waals surface area (Å²) in [6.07, 6.45) is 5.73. The summed E-state index contributed by atoms with van der Waals surface area (Å²) in [5.41, 5.74) is 0. The fraction of sp³-hybridized carbons (Fsp3) is 0.364. The molecule has 0 rings (SSSR count). The van der Waals surface area contributed by atoms with Gasteiger partial charge in [0.25, 0.3) is 0 Å². The molecule has 80 valence electrons. The zero-order valence-corrected chi connectivity index (χ0v) is 11.9. The topological polar surface area (TPSA) is 0 Å². The second-order valence-corrected chi connectivity index (χ2v) is 7.21. The van der Waals surface area contributed by atoms with Gasteiger partial charge in [-0.3, -0.25) is 0 Å². The predicted molar refractivity (Wildman–Crippen MR) is 76.1 cm³/mol. The zero-order valence-electron chi connectivity index (χ0n) is 9.41. The van der Waals surface area contributed by atoms with E-state index in [0.29, 0.717) is 0 Å². The van der Waals surface area contributed by atoms with E-state index in [9.17, 15) is 0 Å². The van der Waals surface area contributed by atoms with Gasteiger partial charge in [-0.05, 0) is 3.41 Å². The molecule has 0 radical (unpaired) electrons. The molecule has 0 N–H and O–H groups in total. The van der Waals surface area contributed by atoms with Gasteiger partial charge >= 0.3 is 18.9 Å². The van der Waals surface area contributed by atoms with Gasteiger partial charge in [0.2, 0.25) is 0 Å². The summed E-state index contributed by atoms with van der Waals surface area (Å²) in [5, 5.41) is 0. The van der Waals surface area contributed by atoms with Crippen LogP contribution in [0.3, 0.4) is 0 Å². The maximum absolute atomic E-state index is 4.23. The van der Waals surface area contributed by atoms with Crippen molar-refractivity contribution in [1.82, 2.24) is 0 Å². The van der Waals surface area contributed by atoms with Crippen molar-refractivity contribution in [3.8, 4) is 0 Å². The van der Waals surface area contributed by atoms with Crippen LogP contribution in [0.5, 0.6) is 0 Å². The molecule has 0 saturated carbocycles. The largest absolute Gasteiger partial charge is 1.00 e. The van der Waals surface area contributed by atoms with Gasteiger partial charge in [-0.2, -0.15) is 35.3 Å². The Morgan fingerprint density at radius 1 is 0.867 bits per heavy atom. The van der Waals surface area contributed by atoms with Crippen LogP contribution < -0.4 is 18.9 Å². The third-order valence-corrected chi connectivity index (χ3v) is 5.91. The van der Waals surface area contributed by atoms with Crippen LogP contribution in [-0.2, 0) is 0 Å². The summed E-state index contributed by atoms with van der Waals surface area (Å²) in [6, 6.07) is 0. The molecule has 0 fully saturated rings. The quantitative estimate of drug-likeness (QED) is 0.262. The Hall–Kier alpha value is 0.867. The summed E-state index contributed by atoms with van der Waals surface area (Å²) in [4.78, 5) is 0. The first-order chi connectivity index (χ1) is 6.68. The second kappa shape index (κ2) is 11.4. The Balaban J connectivity index is 0. The van der Waals surface area contributed by atoms with E-state index in [1.165, 1.54) is 0 Å². The van der Waals surface area contributed by atoms with Crippen molar-refractivity contribution >= 4 is 35.3 Å². The molecule has 0 aliphatic carbocycles.